The van der Waals surface area contributed by atoms with Gasteiger partial charge in [0.25, 0.3) is 5.91 Å². The zero-order valence-electron chi connectivity index (χ0n) is 11.4. The summed E-state index contributed by atoms with van der Waals surface area (Å²) >= 11 is 0. The molecule has 1 atom stereocenters. The molecule has 1 aliphatic heterocycles. The molecule has 1 N–H and O–H groups in total. The molecule has 1 aromatic carbocycles. The first-order valence-corrected chi connectivity index (χ1v) is 6.88. The molecule has 0 aliphatic carbocycles. The molecule has 2 heterocycles. The Morgan fingerprint density at radius 1 is 1.48 bits per heavy atom. The highest BCUT2D eigenvalue weighted by Crippen LogP contribution is 2.20. The van der Waals surface area contributed by atoms with Crippen LogP contribution < -0.4 is 0 Å². The van der Waals surface area contributed by atoms with Crippen LogP contribution in [0, 0.1) is 11.7 Å². The molecule has 3 rings (SSSR count). The Morgan fingerprint density at radius 2 is 2.33 bits per heavy atom. The fraction of sp³-hybridized carbons (Fsp3) is 0.333. The van der Waals surface area contributed by atoms with E-state index in [0.29, 0.717) is 24.3 Å². The van der Waals surface area contributed by atoms with Gasteiger partial charge in [-0.05, 0) is 30.7 Å². The summed E-state index contributed by atoms with van der Waals surface area (Å²) < 4.78 is 15.5. The van der Waals surface area contributed by atoms with Crippen LogP contribution in [-0.4, -0.2) is 45.4 Å². The van der Waals surface area contributed by atoms with Crippen molar-refractivity contribution in [3.63, 3.8) is 0 Å². The first-order chi connectivity index (χ1) is 10.2. The molecular weight excluding hydrogens is 273 g/mol. The van der Waals surface area contributed by atoms with Crippen molar-refractivity contribution in [2.24, 2.45) is 5.92 Å². The van der Waals surface area contributed by atoms with E-state index in [0.717, 1.165) is 6.42 Å². The number of amides is 1. The van der Waals surface area contributed by atoms with Crippen molar-refractivity contribution in [1.82, 2.24) is 14.7 Å². The molecule has 0 spiro atoms. The lowest BCUT2D eigenvalue weighted by Crippen LogP contribution is -2.29. The lowest BCUT2D eigenvalue weighted by atomic mass is 10.1. The van der Waals surface area contributed by atoms with Crippen LogP contribution >= 0.6 is 0 Å². The molecule has 1 aliphatic rings. The summed E-state index contributed by atoms with van der Waals surface area (Å²) in [7, 11) is 0. The van der Waals surface area contributed by atoms with Gasteiger partial charge in [-0.25, -0.2) is 9.07 Å². The Bertz CT molecular complexity index is 642. The van der Waals surface area contributed by atoms with E-state index in [1.165, 1.54) is 10.7 Å². The number of nitrogens with zero attached hydrogens (tertiary/aromatic N) is 3. The van der Waals surface area contributed by atoms with Gasteiger partial charge in [-0.1, -0.05) is 0 Å². The van der Waals surface area contributed by atoms with Crippen molar-refractivity contribution in [3.05, 3.63) is 48.0 Å². The molecule has 2 aromatic rings. The van der Waals surface area contributed by atoms with E-state index in [4.69, 9.17) is 5.11 Å². The number of carbonyl (C=O) groups is 1. The Balaban J connectivity index is 1.81. The maximum atomic E-state index is 14.1. The normalized spacial score (nSPS) is 18.2. The topological polar surface area (TPSA) is 58.4 Å². The maximum absolute atomic E-state index is 14.1. The summed E-state index contributed by atoms with van der Waals surface area (Å²) in [5.74, 6) is -0.554. The van der Waals surface area contributed by atoms with Crippen LogP contribution in [0.25, 0.3) is 5.69 Å². The van der Waals surface area contributed by atoms with Crippen LogP contribution in [0.1, 0.15) is 16.8 Å². The van der Waals surface area contributed by atoms with Crippen molar-refractivity contribution >= 4 is 5.91 Å². The molecule has 21 heavy (non-hydrogen) atoms. The Morgan fingerprint density at radius 3 is 2.95 bits per heavy atom. The minimum Gasteiger partial charge on any atom is -0.396 e. The second kappa shape index (κ2) is 5.65. The first kappa shape index (κ1) is 13.8. The highest BCUT2D eigenvalue weighted by atomic mass is 19.1. The Kier molecular flexibility index (Phi) is 3.70. The number of likely N-dealkylation sites (tertiary alicyclic amines) is 1. The number of hydrogen-bond acceptors (Lipinski definition) is 3. The van der Waals surface area contributed by atoms with Gasteiger partial charge in [0.1, 0.15) is 11.5 Å². The molecule has 5 nitrogen and oxygen atoms in total. The molecule has 1 unspecified atom stereocenters. The third-order valence-electron chi connectivity index (χ3n) is 3.78. The standard InChI is InChI=1S/C15H16FN3O2/c16-13-8-12(2-3-14(13)19-6-1-5-17-19)15(21)18-7-4-11(9-18)10-20/h1-3,5-6,8,11,20H,4,7,9-10H2. The third-order valence-corrected chi connectivity index (χ3v) is 3.78. The minimum absolute atomic E-state index is 0.0797. The smallest absolute Gasteiger partial charge is 0.253 e. The van der Waals surface area contributed by atoms with Crippen LogP contribution in [-0.2, 0) is 0 Å². The summed E-state index contributed by atoms with van der Waals surface area (Å²) in [4.78, 5) is 14.0. The summed E-state index contributed by atoms with van der Waals surface area (Å²) in [5.41, 5.74) is 0.633. The van der Waals surface area contributed by atoms with Crippen molar-refractivity contribution < 1.29 is 14.3 Å². The van der Waals surface area contributed by atoms with Gasteiger partial charge in [-0.3, -0.25) is 4.79 Å². The zero-order chi connectivity index (χ0) is 14.8. The fourth-order valence-corrected chi connectivity index (χ4v) is 2.59. The van der Waals surface area contributed by atoms with E-state index in [2.05, 4.69) is 5.10 Å². The van der Waals surface area contributed by atoms with Crippen LogP contribution in [0.15, 0.2) is 36.7 Å². The van der Waals surface area contributed by atoms with Crippen molar-refractivity contribution in [2.75, 3.05) is 19.7 Å². The highest BCUT2D eigenvalue weighted by molar-refractivity contribution is 5.94. The predicted molar refractivity (Wildman–Crippen MR) is 74.6 cm³/mol. The van der Waals surface area contributed by atoms with Gasteiger partial charge in [0.2, 0.25) is 0 Å². The molecule has 1 amide bonds. The number of aromatic nitrogens is 2. The average molecular weight is 289 g/mol. The second-order valence-electron chi connectivity index (χ2n) is 5.21. The molecule has 1 saturated heterocycles. The molecule has 0 radical (unpaired) electrons. The SMILES string of the molecule is O=C(c1ccc(-n2cccn2)c(F)c1)N1CCC(CO)C1. The zero-order valence-corrected chi connectivity index (χ0v) is 11.4. The highest BCUT2D eigenvalue weighted by Gasteiger charge is 2.26. The quantitative estimate of drug-likeness (QED) is 0.931. The number of halogens is 1. The number of hydrogen-bond donors (Lipinski definition) is 1. The van der Waals surface area contributed by atoms with Gasteiger partial charge >= 0.3 is 0 Å². The van der Waals surface area contributed by atoms with E-state index in [-0.39, 0.29) is 18.4 Å². The van der Waals surface area contributed by atoms with E-state index < -0.39 is 5.82 Å². The molecular formula is C15H16FN3O2. The largest absolute Gasteiger partial charge is 0.396 e. The lowest BCUT2D eigenvalue weighted by molar-refractivity contribution is 0.0781. The van der Waals surface area contributed by atoms with Crippen molar-refractivity contribution in [3.8, 4) is 5.69 Å². The summed E-state index contributed by atoms with van der Waals surface area (Å²) in [6.45, 7) is 1.21. The van der Waals surface area contributed by atoms with Gasteiger partial charge in [-0.15, -0.1) is 0 Å². The number of aliphatic hydroxyl groups excluding tert-OH is 1. The summed E-state index contributed by atoms with van der Waals surface area (Å²) in [6.07, 6.45) is 4.00. The number of aliphatic hydroxyl groups is 1. The van der Waals surface area contributed by atoms with Gasteiger partial charge in [0.15, 0.2) is 0 Å². The number of carbonyl (C=O) groups excluding carboxylic acids is 1. The lowest BCUT2D eigenvalue weighted by Gasteiger charge is -2.16. The van der Waals surface area contributed by atoms with E-state index in [9.17, 15) is 9.18 Å². The minimum atomic E-state index is -0.484. The monoisotopic (exact) mass is 289 g/mol. The van der Waals surface area contributed by atoms with Gasteiger partial charge < -0.3 is 10.0 Å². The van der Waals surface area contributed by atoms with Crippen LogP contribution in [0.3, 0.4) is 0 Å². The molecule has 6 heteroatoms. The van der Waals surface area contributed by atoms with Crippen molar-refractivity contribution in [2.45, 2.75) is 6.42 Å². The molecule has 1 fully saturated rings. The van der Waals surface area contributed by atoms with Crippen LogP contribution in [0.5, 0.6) is 0 Å². The average Bonchev–Trinajstić information content (AvgIpc) is 3.17. The molecule has 0 saturated carbocycles. The van der Waals surface area contributed by atoms with Crippen LogP contribution in [0.2, 0.25) is 0 Å². The number of rotatable bonds is 3. The maximum Gasteiger partial charge on any atom is 0.253 e. The Hall–Kier alpha value is -2.21. The number of benzene rings is 1. The predicted octanol–water partition coefficient (Wildman–Crippen LogP) is 1.47. The van der Waals surface area contributed by atoms with E-state index in [1.54, 1.807) is 35.5 Å². The second-order valence-corrected chi connectivity index (χ2v) is 5.21. The van der Waals surface area contributed by atoms with E-state index in [1.807, 2.05) is 0 Å². The fourth-order valence-electron chi connectivity index (χ4n) is 2.59. The van der Waals surface area contributed by atoms with Gasteiger partial charge in [-0.2, -0.15) is 5.10 Å². The first-order valence-electron chi connectivity index (χ1n) is 6.88. The summed E-state index contributed by atoms with van der Waals surface area (Å²) in [6, 6.07) is 6.10. The third kappa shape index (κ3) is 2.67. The van der Waals surface area contributed by atoms with Gasteiger partial charge in [0.05, 0.1) is 0 Å². The van der Waals surface area contributed by atoms with E-state index >= 15 is 0 Å². The van der Waals surface area contributed by atoms with Gasteiger partial charge in [0, 0.05) is 43.6 Å². The van der Waals surface area contributed by atoms with Crippen LogP contribution in [0.4, 0.5) is 4.39 Å². The van der Waals surface area contributed by atoms with Crippen molar-refractivity contribution in [1.29, 1.82) is 0 Å². The Labute approximate surface area is 121 Å². The summed E-state index contributed by atoms with van der Waals surface area (Å²) in [5, 5.41) is 13.1. The molecule has 0 bridgehead atoms. The molecule has 110 valence electrons. The molecule has 1 aromatic heterocycles.